The van der Waals surface area contributed by atoms with E-state index in [0.29, 0.717) is 6.07 Å². The van der Waals surface area contributed by atoms with Gasteiger partial charge in [0.25, 0.3) is 17.4 Å². The number of halogens is 3. The van der Waals surface area contributed by atoms with Crippen molar-refractivity contribution < 1.29 is 32.8 Å². The van der Waals surface area contributed by atoms with E-state index >= 15 is 0 Å². The van der Waals surface area contributed by atoms with E-state index < -0.39 is 45.7 Å². The maximum atomic E-state index is 13.4. The van der Waals surface area contributed by atoms with Crippen LogP contribution in [-0.2, 0) is 15.8 Å². The molecule has 1 saturated heterocycles. The second-order valence-corrected chi connectivity index (χ2v) is 7.94. The Morgan fingerprint density at radius 2 is 1.66 bits per heavy atom. The lowest BCUT2D eigenvalue weighted by Crippen LogP contribution is -2.29. The lowest BCUT2D eigenvalue weighted by molar-refractivity contribution is -0.384. The molecule has 1 fully saturated rings. The molecule has 1 atom stereocenters. The number of amides is 1. The number of carbonyl (C=O) groups is 2. The van der Waals surface area contributed by atoms with Gasteiger partial charge in [-0.15, -0.1) is 0 Å². The Labute approximate surface area is 196 Å². The van der Waals surface area contributed by atoms with E-state index in [9.17, 15) is 38.0 Å². The Balaban J connectivity index is 1.97. The van der Waals surface area contributed by atoms with Crippen LogP contribution in [0, 0.1) is 17.0 Å². The minimum atomic E-state index is -4.72. The van der Waals surface area contributed by atoms with Crippen molar-refractivity contribution in [2.45, 2.75) is 19.1 Å². The number of nitro benzene ring substituents is 1. The van der Waals surface area contributed by atoms with Gasteiger partial charge in [0, 0.05) is 23.4 Å². The van der Waals surface area contributed by atoms with Gasteiger partial charge in [-0.2, -0.15) is 13.2 Å². The van der Waals surface area contributed by atoms with Crippen LogP contribution in [0.4, 0.5) is 24.5 Å². The predicted molar refractivity (Wildman–Crippen MR) is 121 cm³/mol. The number of ketones is 1. The highest BCUT2D eigenvalue weighted by atomic mass is 19.4. The number of Topliss-reactive ketones (excluding diaryl/α,β-unsaturated/α-hetero) is 1. The molecule has 35 heavy (non-hydrogen) atoms. The molecule has 0 radical (unpaired) electrons. The number of hydrogen-bond donors (Lipinski definition) is 1. The van der Waals surface area contributed by atoms with Crippen molar-refractivity contribution in [3.05, 3.63) is 111 Å². The molecule has 1 amide bonds. The maximum Gasteiger partial charge on any atom is 0.416 e. The normalized spacial score (nSPS) is 17.6. The molecule has 1 N–H and O–H groups in total. The number of hydrogen-bond acceptors (Lipinski definition) is 5. The third-order valence-electron chi connectivity index (χ3n) is 5.62. The quantitative estimate of drug-likeness (QED) is 0.173. The van der Waals surface area contributed by atoms with Crippen molar-refractivity contribution in [2.24, 2.45) is 0 Å². The highest BCUT2D eigenvalue weighted by molar-refractivity contribution is 6.51. The molecule has 1 aliphatic rings. The summed E-state index contributed by atoms with van der Waals surface area (Å²) in [6.07, 6.45) is -4.72. The van der Waals surface area contributed by atoms with Gasteiger partial charge in [0.2, 0.25) is 0 Å². The van der Waals surface area contributed by atoms with E-state index in [1.165, 1.54) is 36.4 Å². The summed E-state index contributed by atoms with van der Waals surface area (Å²) in [4.78, 5) is 37.7. The minimum absolute atomic E-state index is 0.0736. The molecule has 4 rings (SSSR count). The zero-order chi connectivity index (χ0) is 25.5. The molecule has 0 bridgehead atoms. The number of carbonyl (C=O) groups excluding carboxylic acids is 2. The number of aliphatic hydroxyl groups excluding tert-OH is 1. The number of nitro groups is 1. The van der Waals surface area contributed by atoms with Crippen LogP contribution < -0.4 is 4.90 Å². The number of non-ortho nitro benzene ring substituents is 1. The standard InChI is InChI=1S/C25H17F3N2O5/c1-14-8-10-15(11-9-14)22(31)20-21(16-4-2-7-19(12-16)30(34)35)29(24(33)23(20)32)18-6-3-5-17(13-18)25(26,27)28/h2-13,21,31H,1H3/b22-20+. The monoisotopic (exact) mass is 482 g/mol. The Bertz CT molecular complexity index is 1380. The Morgan fingerprint density at radius 1 is 1.00 bits per heavy atom. The van der Waals surface area contributed by atoms with E-state index in [1.807, 2.05) is 0 Å². The molecule has 10 heteroatoms. The van der Waals surface area contributed by atoms with Crippen molar-refractivity contribution in [1.29, 1.82) is 0 Å². The summed E-state index contributed by atoms with van der Waals surface area (Å²) in [5.74, 6) is -2.85. The zero-order valence-corrected chi connectivity index (χ0v) is 18.1. The number of alkyl halides is 3. The van der Waals surface area contributed by atoms with Crippen molar-refractivity contribution >= 4 is 28.8 Å². The Kier molecular flexibility index (Phi) is 5.89. The Morgan fingerprint density at radius 3 is 2.29 bits per heavy atom. The maximum absolute atomic E-state index is 13.4. The summed E-state index contributed by atoms with van der Waals surface area (Å²) in [6, 6.07) is 13.8. The molecule has 1 unspecified atom stereocenters. The highest BCUT2D eigenvalue weighted by Crippen LogP contribution is 2.44. The van der Waals surface area contributed by atoms with Gasteiger partial charge in [0.1, 0.15) is 5.76 Å². The second-order valence-electron chi connectivity index (χ2n) is 7.94. The number of rotatable bonds is 4. The fraction of sp³-hybridized carbons (Fsp3) is 0.120. The summed E-state index contributed by atoms with van der Waals surface area (Å²) in [7, 11) is 0. The fourth-order valence-corrected chi connectivity index (χ4v) is 3.92. The number of aryl methyl sites for hydroxylation is 1. The van der Waals surface area contributed by atoms with E-state index in [1.54, 1.807) is 19.1 Å². The summed E-state index contributed by atoms with van der Waals surface area (Å²) >= 11 is 0. The fourth-order valence-electron chi connectivity index (χ4n) is 3.92. The molecular weight excluding hydrogens is 465 g/mol. The zero-order valence-electron chi connectivity index (χ0n) is 18.1. The summed E-state index contributed by atoms with van der Waals surface area (Å²) in [5.41, 5.74) is -0.905. The van der Waals surface area contributed by atoms with Gasteiger partial charge in [-0.25, -0.2) is 0 Å². The van der Waals surface area contributed by atoms with Crippen LogP contribution in [-0.4, -0.2) is 21.7 Å². The molecule has 1 heterocycles. The average molecular weight is 482 g/mol. The molecule has 3 aromatic rings. The van der Waals surface area contributed by atoms with Gasteiger partial charge < -0.3 is 5.11 Å². The molecular formula is C25H17F3N2O5. The van der Waals surface area contributed by atoms with Crippen LogP contribution in [0.25, 0.3) is 5.76 Å². The minimum Gasteiger partial charge on any atom is -0.507 e. The van der Waals surface area contributed by atoms with Crippen LogP contribution in [0.3, 0.4) is 0 Å². The smallest absolute Gasteiger partial charge is 0.416 e. The van der Waals surface area contributed by atoms with Gasteiger partial charge in [-0.1, -0.05) is 48.0 Å². The number of nitrogens with zero attached hydrogens (tertiary/aromatic N) is 2. The predicted octanol–water partition coefficient (Wildman–Crippen LogP) is 5.55. The first-order chi connectivity index (χ1) is 16.5. The summed E-state index contributed by atoms with van der Waals surface area (Å²) in [6.45, 7) is 1.81. The van der Waals surface area contributed by atoms with Crippen LogP contribution >= 0.6 is 0 Å². The SMILES string of the molecule is Cc1ccc(/C(O)=C2\C(=O)C(=O)N(c3cccc(C(F)(F)F)c3)C2c2cccc([N+](=O)[O-])c2)cc1. The third-order valence-corrected chi connectivity index (χ3v) is 5.62. The van der Waals surface area contributed by atoms with Crippen molar-refractivity contribution in [3.8, 4) is 0 Å². The van der Waals surface area contributed by atoms with Crippen LogP contribution in [0.5, 0.6) is 0 Å². The molecule has 0 spiro atoms. The van der Waals surface area contributed by atoms with E-state index in [4.69, 9.17) is 0 Å². The highest BCUT2D eigenvalue weighted by Gasteiger charge is 2.47. The number of anilines is 1. The first kappa shape index (κ1) is 23.7. The summed E-state index contributed by atoms with van der Waals surface area (Å²) in [5, 5.41) is 22.4. The average Bonchev–Trinajstić information content (AvgIpc) is 3.09. The van der Waals surface area contributed by atoms with Gasteiger partial charge in [-0.05, 0) is 30.7 Å². The van der Waals surface area contributed by atoms with Crippen molar-refractivity contribution in [2.75, 3.05) is 4.90 Å². The van der Waals surface area contributed by atoms with Crippen molar-refractivity contribution in [3.63, 3.8) is 0 Å². The topological polar surface area (TPSA) is 101 Å². The van der Waals surface area contributed by atoms with Crippen LogP contribution in [0.2, 0.25) is 0 Å². The lowest BCUT2D eigenvalue weighted by Gasteiger charge is -2.26. The molecule has 178 valence electrons. The van der Waals surface area contributed by atoms with Gasteiger partial charge in [-0.3, -0.25) is 24.6 Å². The van der Waals surface area contributed by atoms with Crippen LogP contribution in [0.1, 0.15) is 28.3 Å². The molecule has 1 aliphatic heterocycles. The van der Waals surface area contributed by atoms with Crippen molar-refractivity contribution in [1.82, 2.24) is 0 Å². The third kappa shape index (κ3) is 4.37. The largest absolute Gasteiger partial charge is 0.507 e. The molecule has 0 aliphatic carbocycles. The summed E-state index contributed by atoms with van der Waals surface area (Å²) < 4.78 is 40.1. The molecule has 3 aromatic carbocycles. The van der Waals surface area contributed by atoms with E-state index in [2.05, 4.69) is 0 Å². The van der Waals surface area contributed by atoms with Gasteiger partial charge >= 0.3 is 6.18 Å². The number of aliphatic hydroxyl groups is 1. The second kappa shape index (κ2) is 8.71. The van der Waals surface area contributed by atoms with Gasteiger partial charge in [0.05, 0.1) is 22.1 Å². The van der Waals surface area contributed by atoms with E-state index in [-0.39, 0.29) is 22.5 Å². The molecule has 0 aromatic heterocycles. The van der Waals surface area contributed by atoms with E-state index in [0.717, 1.165) is 28.7 Å². The molecule has 7 nitrogen and oxygen atoms in total. The first-order valence-corrected chi connectivity index (χ1v) is 10.3. The molecule has 0 saturated carbocycles. The van der Waals surface area contributed by atoms with Gasteiger partial charge in [0.15, 0.2) is 0 Å². The number of benzene rings is 3. The van der Waals surface area contributed by atoms with Crippen LogP contribution in [0.15, 0.2) is 78.4 Å². The lowest BCUT2D eigenvalue weighted by atomic mass is 9.94. The first-order valence-electron chi connectivity index (χ1n) is 10.3. The Hall–Kier alpha value is -4.47.